The van der Waals surface area contributed by atoms with Gasteiger partial charge in [-0.1, -0.05) is 12.1 Å². The van der Waals surface area contributed by atoms with Gasteiger partial charge in [-0.25, -0.2) is 4.98 Å². The van der Waals surface area contributed by atoms with E-state index in [1.807, 2.05) is 28.8 Å². The van der Waals surface area contributed by atoms with Gasteiger partial charge in [0.05, 0.1) is 29.5 Å². The molecule has 0 unspecified atom stereocenters. The summed E-state index contributed by atoms with van der Waals surface area (Å²) in [5.74, 6) is -0.0569. The van der Waals surface area contributed by atoms with Crippen LogP contribution in [-0.4, -0.2) is 45.9 Å². The Balaban J connectivity index is 1.55. The van der Waals surface area contributed by atoms with Gasteiger partial charge in [0, 0.05) is 20.1 Å². The molecular formula is C16H21N3O3. The topological polar surface area (TPSA) is 76.4 Å². The molecule has 1 aliphatic rings. The molecule has 0 bridgehead atoms. The van der Waals surface area contributed by atoms with Crippen molar-refractivity contribution in [1.29, 1.82) is 0 Å². The minimum Gasteiger partial charge on any atom is -0.388 e. The van der Waals surface area contributed by atoms with E-state index in [1.165, 1.54) is 0 Å². The van der Waals surface area contributed by atoms with Crippen LogP contribution in [0.15, 0.2) is 30.6 Å². The van der Waals surface area contributed by atoms with Crippen LogP contribution in [0.25, 0.3) is 11.0 Å². The smallest absolute Gasteiger partial charge is 0.222 e. The third kappa shape index (κ3) is 2.98. The molecule has 0 saturated heterocycles. The third-order valence-corrected chi connectivity index (χ3v) is 4.31. The van der Waals surface area contributed by atoms with Crippen molar-refractivity contribution in [2.75, 3.05) is 7.11 Å². The van der Waals surface area contributed by atoms with Crippen molar-refractivity contribution in [2.24, 2.45) is 0 Å². The van der Waals surface area contributed by atoms with E-state index < -0.39 is 6.10 Å². The van der Waals surface area contributed by atoms with Crippen molar-refractivity contribution in [3.63, 3.8) is 0 Å². The van der Waals surface area contributed by atoms with Gasteiger partial charge in [-0.15, -0.1) is 0 Å². The van der Waals surface area contributed by atoms with Crippen LogP contribution in [0.2, 0.25) is 0 Å². The molecule has 2 aromatic rings. The fourth-order valence-electron chi connectivity index (χ4n) is 3.05. The Morgan fingerprint density at radius 3 is 3.05 bits per heavy atom. The first-order chi connectivity index (χ1) is 10.7. The molecule has 6 heteroatoms. The molecule has 0 spiro atoms. The summed E-state index contributed by atoms with van der Waals surface area (Å²) in [4.78, 5) is 16.4. The van der Waals surface area contributed by atoms with Crippen LogP contribution >= 0.6 is 0 Å². The van der Waals surface area contributed by atoms with Crippen LogP contribution in [-0.2, 0) is 16.1 Å². The number of imidazole rings is 1. The van der Waals surface area contributed by atoms with Crippen molar-refractivity contribution in [1.82, 2.24) is 14.9 Å². The predicted molar refractivity (Wildman–Crippen MR) is 82.3 cm³/mol. The van der Waals surface area contributed by atoms with E-state index in [9.17, 15) is 9.90 Å². The van der Waals surface area contributed by atoms with Crippen molar-refractivity contribution >= 4 is 16.9 Å². The number of methoxy groups -OCH3 is 1. The van der Waals surface area contributed by atoms with Gasteiger partial charge >= 0.3 is 0 Å². The first-order valence-electron chi connectivity index (χ1n) is 7.59. The quantitative estimate of drug-likeness (QED) is 0.866. The van der Waals surface area contributed by atoms with E-state index in [-0.39, 0.29) is 18.1 Å². The van der Waals surface area contributed by atoms with Crippen molar-refractivity contribution < 1.29 is 14.6 Å². The highest BCUT2D eigenvalue weighted by atomic mass is 16.5. The molecule has 3 atom stereocenters. The average Bonchev–Trinajstić information content (AvgIpc) is 3.10. The number of hydrogen-bond donors (Lipinski definition) is 2. The molecular weight excluding hydrogens is 282 g/mol. The summed E-state index contributed by atoms with van der Waals surface area (Å²) < 4.78 is 7.16. The summed E-state index contributed by atoms with van der Waals surface area (Å²) in [5, 5.41) is 12.9. The number of fused-ring (bicyclic) bond motifs is 1. The molecule has 1 heterocycles. The molecule has 1 amide bonds. The summed E-state index contributed by atoms with van der Waals surface area (Å²) >= 11 is 0. The van der Waals surface area contributed by atoms with Gasteiger partial charge in [-0.05, 0) is 25.0 Å². The molecule has 0 aliphatic heterocycles. The van der Waals surface area contributed by atoms with Gasteiger partial charge in [0.15, 0.2) is 0 Å². The molecule has 2 N–H and O–H groups in total. The summed E-state index contributed by atoms with van der Waals surface area (Å²) in [7, 11) is 1.59. The second-order valence-electron chi connectivity index (χ2n) is 5.69. The van der Waals surface area contributed by atoms with E-state index in [2.05, 4.69) is 10.3 Å². The number of amides is 1. The number of aryl methyl sites for hydroxylation is 1. The number of aliphatic hydroxyl groups excluding tert-OH is 1. The summed E-state index contributed by atoms with van der Waals surface area (Å²) in [6, 6.07) is 7.63. The van der Waals surface area contributed by atoms with Gasteiger partial charge < -0.3 is 19.7 Å². The lowest BCUT2D eigenvalue weighted by Crippen LogP contribution is -2.43. The maximum absolute atomic E-state index is 12.1. The molecule has 1 aromatic carbocycles. The molecule has 6 nitrogen and oxygen atoms in total. The standard InChI is InChI=1S/C16H21N3O3/c1-22-14-7-6-12(16(14)21)18-15(20)8-9-19-10-17-11-4-2-3-5-13(11)19/h2-5,10,12,14,16,21H,6-9H2,1H3,(H,18,20)/t12-,14-,16-/m1/s1. The Hall–Kier alpha value is -1.92. The number of nitrogens with zero attached hydrogens (tertiary/aromatic N) is 2. The number of aromatic nitrogens is 2. The zero-order valence-electron chi connectivity index (χ0n) is 12.6. The number of ether oxygens (including phenoxy) is 1. The Morgan fingerprint density at radius 1 is 1.45 bits per heavy atom. The zero-order valence-corrected chi connectivity index (χ0v) is 12.6. The Kier molecular flexibility index (Phi) is 4.40. The fourth-order valence-corrected chi connectivity index (χ4v) is 3.05. The number of para-hydroxylation sites is 2. The third-order valence-electron chi connectivity index (χ3n) is 4.31. The highest BCUT2D eigenvalue weighted by Gasteiger charge is 2.35. The summed E-state index contributed by atoms with van der Waals surface area (Å²) in [6.07, 6.45) is 2.84. The van der Waals surface area contributed by atoms with Crippen molar-refractivity contribution in [3.8, 4) is 0 Å². The van der Waals surface area contributed by atoms with Crippen LogP contribution in [0, 0.1) is 0 Å². The lowest BCUT2D eigenvalue weighted by Gasteiger charge is -2.19. The zero-order chi connectivity index (χ0) is 15.5. The molecule has 1 saturated carbocycles. The molecule has 1 aromatic heterocycles. The lowest BCUT2D eigenvalue weighted by atomic mass is 10.2. The van der Waals surface area contributed by atoms with Crippen LogP contribution in [0.1, 0.15) is 19.3 Å². The Bertz CT molecular complexity index is 655. The van der Waals surface area contributed by atoms with Crippen LogP contribution in [0.3, 0.4) is 0 Å². The minimum atomic E-state index is -0.622. The largest absolute Gasteiger partial charge is 0.388 e. The van der Waals surface area contributed by atoms with E-state index >= 15 is 0 Å². The van der Waals surface area contributed by atoms with E-state index in [0.717, 1.165) is 23.9 Å². The summed E-state index contributed by atoms with van der Waals surface area (Å²) in [6.45, 7) is 0.572. The first kappa shape index (κ1) is 15.0. The normalized spacial score (nSPS) is 24.7. The number of carbonyl (C=O) groups is 1. The highest BCUT2D eigenvalue weighted by molar-refractivity contribution is 5.77. The Morgan fingerprint density at radius 2 is 2.27 bits per heavy atom. The number of hydrogen-bond acceptors (Lipinski definition) is 4. The lowest BCUT2D eigenvalue weighted by molar-refractivity contribution is -0.123. The van der Waals surface area contributed by atoms with E-state index in [0.29, 0.717) is 13.0 Å². The van der Waals surface area contributed by atoms with Crippen molar-refractivity contribution in [3.05, 3.63) is 30.6 Å². The number of carbonyl (C=O) groups excluding carboxylic acids is 1. The fraction of sp³-hybridized carbons (Fsp3) is 0.500. The second kappa shape index (κ2) is 6.46. The average molecular weight is 303 g/mol. The molecule has 0 radical (unpaired) electrons. The number of rotatable bonds is 5. The Labute approximate surface area is 129 Å². The number of benzene rings is 1. The van der Waals surface area contributed by atoms with Gasteiger partial charge in [0.2, 0.25) is 5.91 Å². The SMILES string of the molecule is CO[C@@H]1CC[C@@H](NC(=O)CCn2cnc3ccccc32)[C@H]1O. The monoisotopic (exact) mass is 303 g/mol. The summed E-state index contributed by atoms with van der Waals surface area (Å²) in [5.41, 5.74) is 1.95. The van der Waals surface area contributed by atoms with Crippen LogP contribution in [0.5, 0.6) is 0 Å². The van der Waals surface area contributed by atoms with Crippen molar-refractivity contribution in [2.45, 2.75) is 44.1 Å². The first-order valence-corrected chi connectivity index (χ1v) is 7.59. The van der Waals surface area contributed by atoms with Gasteiger partial charge in [0.25, 0.3) is 0 Å². The molecule has 1 fully saturated rings. The van der Waals surface area contributed by atoms with Gasteiger partial charge in [-0.2, -0.15) is 0 Å². The van der Waals surface area contributed by atoms with Gasteiger partial charge in [-0.3, -0.25) is 4.79 Å². The second-order valence-corrected chi connectivity index (χ2v) is 5.69. The molecule has 3 rings (SSSR count). The molecule has 1 aliphatic carbocycles. The number of aliphatic hydroxyl groups is 1. The maximum Gasteiger partial charge on any atom is 0.222 e. The van der Waals surface area contributed by atoms with E-state index in [4.69, 9.17) is 4.74 Å². The van der Waals surface area contributed by atoms with E-state index in [1.54, 1.807) is 13.4 Å². The van der Waals surface area contributed by atoms with Crippen LogP contribution < -0.4 is 5.32 Å². The number of nitrogens with one attached hydrogen (secondary N) is 1. The highest BCUT2D eigenvalue weighted by Crippen LogP contribution is 2.22. The van der Waals surface area contributed by atoms with Gasteiger partial charge in [0.1, 0.15) is 6.10 Å². The molecule has 118 valence electrons. The van der Waals surface area contributed by atoms with Crippen LogP contribution in [0.4, 0.5) is 0 Å². The minimum absolute atomic E-state index is 0.0569. The molecule has 22 heavy (non-hydrogen) atoms. The predicted octanol–water partition coefficient (Wildman–Crippen LogP) is 1.08. The maximum atomic E-state index is 12.1.